The predicted molar refractivity (Wildman–Crippen MR) is 74.3 cm³/mol. The Bertz CT molecular complexity index is 331. The van der Waals surface area contributed by atoms with Gasteiger partial charge in [-0.2, -0.15) is 0 Å². The summed E-state index contributed by atoms with van der Waals surface area (Å²) < 4.78 is 11.1. The maximum atomic E-state index is 5.59. The molecule has 1 fully saturated rings. The molecule has 0 saturated carbocycles. The van der Waals surface area contributed by atoms with Crippen molar-refractivity contribution in [2.24, 2.45) is 0 Å². The lowest BCUT2D eigenvalue weighted by molar-refractivity contribution is 0.107. The third-order valence-electron chi connectivity index (χ3n) is 3.15. The van der Waals surface area contributed by atoms with Crippen LogP contribution in [-0.2, 0) is 4.74 Å². The molecule has 1 aliphatic rings. The van der Waals surface area contributed by atoms with Gasteiger partial charge in [-0.3, -0.25) is 0 Å². The largest absolute Gasteiger partial charge is 0.494 e. The highest BCUT2D eigenvalue weighted by atomic mass is 16.5. The molecule has 1 saturated heterocycles. The maximum absolute atomic E-state index is 5.59. The number of anilines is 1. The van der Waals surface area contributed by atoms with E-state index in [1.807, 2.05) is 12.1 Å². The molecule has 18 heavy (non-hydrogen) atoms. The number of ether oxygens (including phenoxy) is 2. The summed E-state index contributed by atoms with van der Waals surface area (Å²) in [5.74, 6) is 0.946. The van der Waals surface area contributed by atoms with Gasteiger partial charge in [0.05, 0.1) is 12.7 Å². The van der Waals surface area contributed by atoms with Crippen LogP contribution in [0, 0.1) is 0 Å². The second-order valence-electron chi connectivity index (χ2n) is 4.72. The molecule has 100 valence electrons. The van der Waals surface area contributed by atoms with Crippen LogP contribution in [0.1, 0.15) is 32.6 Å². The standard InChI is InChI=1S/C15H23NO2/c1-2-11-17-15-7-5-13(6-8-15)16-10-9-14-4-3-12-18-14/h5-8,14,16H,2-4,9-12H2,1H3. The van der Waals surface area contributed by atoms with E-state index >= 15 is 0 Å². The van der Waals surface area contributed by atoms with E-state index in [1.54, 1.807) is 0 Å². The zero-order valence-electron chi connectivity index (χ0n) is 11.2. The van der Waals surface area contributed by atoms with Crippen molar-refractivity contribution in [1.29, 1.82) is 0 Å². The van der Waals surface area contributed by atoms with Crippen molar-refractivity contribution in [2.45, 2.75) is 38.7 Å². The smallest absolute Gasteiger partial charge is 0.119 e. The van der Waals surface area contributed by atoms with Gasteiger partial charge in [0.2, 0.25) is 0 Å². The van der Waals surface area contributed by atoms with E-state index in [2.05, 4.69) is 24.4 Å². The second-order valence-corrected chi connectivity index (χ2v) is 4.72. The van der Waals surface area contributed by atoms with Gasteiger partial charge in [-0.1, -0.05) is 6.92 Å². The number of rotatable bonds is 7. The first kappa shape index (κ1) is 13.2. The van der Waals surface area contributed by atoms with Crippen molar-refractivity contribution in [3.05, 3.63) is 24.3 Å². The summed E-state index contributed by atoms with van der Waals surface area (Å²) in [5.41, 5.74) is 1.15. The lowest BCUT2D eigenvalue weighted by Crippen LogP contribution is -2.12. The van der Waals surface area contributed by atoms with Crippen LogP contribution in [0.25, 0.3) is 0 Å². The molecule has 1 aliphatic heterocycles. The average Bonchev–Trinajstić information content (AvgIpc) is 2.91. The van der Waals surface area contributed by atoms with Crippen LogP contribution in [0.3, 0.4) is 0 Å². The van der Waals surface area contributed by atoms with Crippen LogP contribution >= 0.6 is 0 Å². The molecule has 3 nitrogen and oxygen atoms in total. The van der Waals surface area contributed by atoms with Crippen LogP contribution in [0.5, 0.6) is 5.75 Å². The Morgan fingerprint density at radius 1 is 1.33 bits per heavy atom. The summed E-state index contributed by atoms with van der Waals surface area (Å²) in [5, 5.41) is 3.42. The van der Waals surface area contributed by atoms with Crippen molar-refractivity contribution >= 4 is 5.69 Å². The third kappa shape index (κ3) is 4.22. The van der Waals surface area contributed by atoms with Gasteiger partial charge in [-0.05, 0) is 49.9 Å². The lowest BCUT2D eigenvalue weighted by atomic mass is 10.2. The zero-order valence-corrected chi connectivity index (χ0v) is 11.2. The monoisotopic (exact) mass is 249 g/mol. The summed E-state index contributed by atoms with van der Waals surface area (Å²) in [6, 6.07) is 8.18. The van der Waals surface area contributed by atoms with Gasteiger partial charge in [-0.25, -0.2) is 0 Å². The van der Waals surface area contributed by atoms with E-state index in [-0.39, 0.29) is 0 Å². The van der Waals surface area contributed by atoms with Crippen molar-refractivity contribution < 1.29 is 9.47 Å². The van der Waals surface area contributed by atoms with Crippen LogP contribution < -0.4 is 10.1 Å². The van der Waals surface area contributed by atoms with Crippen molar-refractivity contribution in [3.8, 4) is 5.75 Å². The van der Waals surface area contributed by atoms with Crippen LogP contribution in [0.2, 0.25) is 0 Å². The van der Waals surface area contributed by atoms with Crippen molar-refractivity contribution in [1.82, 2.24) is 0 Å². The van der Waals surface area contributed by atoms with E-state index in [4.69, 9.17) is 9.47 Å². The molecular formula is C15H23NO2. The average molecular weight is 249 g/mol. The molecule has 0 aliphatic carbocycles. The predicted octanol–water partition coefficient (Wildman–Crippen LogP) is 3.46. The lowest BCUT2D eigenvalue weighted by Gasteiger charge is -2.11. The molecular weight excluding hydrogens is 226 g/mol. The Morgan fingerprint density at radius 2 is 2.17 bits per heavy atom. The van der Waals surface area contributed by atoms with Gasteiger partial charge in [0.1, 0.15) is 5.75 Å². The first-order valence-electron chi connectivity index (χ1n) is 6.97. The molecule has 1 N–H and O–H groups in total. The van der Waals surface area contributed by atoms with Crippen LogP contribution in [0.4, 0.5) is 5.69 Å². The molecule has 0 radical (unpaired) electrons. The Kier molecular flexibility index (Phi) is 5.34. The summed E-state index contributed by atoms with van der Waals surface area (Å²) in [4.78, 5) is 0. The molecule has 2 rings (SSSR count). The Balaban J connectivity index is 1.68. The first-order chi connectivity index (χ1) is 8.88. The van der Waals surface area contributed by atoms with Crippen molar-refractivity contribution in [2.75, 3.05) is 25.1 Å². The molecule has 1 aromatic rings. The Hall–Kier alpha value is -1.22. The van der Waals surface area contributed by atoms with E-state index in [1.165, 1.54) is 12.8 Å². The fraction of sp³-hybridized carbons (Fsp3) is 0.600. The van der Waals surface area contributed by atoms with E-state index in [0.717, 1.165) is 44.0 Å². The van der Waals surface area contributed by atoms with Crippen molar-refractivity contribution in [3.63, 3.8) is 0 Å². The topological polar surface area (TPSA) is 30.5 Å². The van der Waals surface area contributed by atoms with Crippen LogP contribution in [-0.4, -0.2) is 25.9 Å². The molecule has 1 atom stereocenters. The zero-order chi connectivity index (χ0) is 12.6. The normalized spacial score (nSPS) is 18.8. The van der Waals surface area contributed by atoms with Gasteiger partial charge in [0.25, 0.3) is 0 Å². The first-order valence-corrected chi connectivity index (χ1v) is 6.97. The third-order valence-corrected chi connectivity index (χ3v) is 3.15. The van der Waals surface area contributed by atoms with E-state index < -0.39 is 0 Å². The molecule has 0 bridgehead atoms. The molecule has 1 unspecified atom stereocenters. The van der Waals surface area contributed by atoms with E-state index in [0.29, 0.717) is 6.10 Å². The maximum Gasteiger partial charge on any atom is 0.119 e. The molecule has 0 aromatic heterocycles. The minimum Gasteiger partial charge on any atom is -0.494 e. The quantitative estimate of drug-likeness (QED) is 0.802. The Morgan fingerprint density at radius 3 is 2.83 bits per heavy atom. The number of benzene rings is 1. The number of hydrogen-bond donors (Lipinski definition) is 1. The second kappa shape index (κ2) is 7.27. The molecule has 0 amide bonds. The summed E-state index contributed by atoms with van der Waals surface area (Å²) in [6.45, 7) is 4.81. The summed E-state index contributed by atoms with van der Waals surface area (Å²) in [7, 11) is 0. The van der Waals surface area contributed by atoms with Gasteiger partial charge >= 0.3 is 0 Å². The molecule has 1 heterocycles. The van der Waals surface area contributed by atoms with Gasteiger partial charge in [-0.15, -0.1) is 0 Å². The Labute approximate surface area is 109 Å². The van der Waals surface area contributed by atoms with E-state index in [9.17, 15) is 0 Å². The molecule has 1 aromatic carbocycles. The highest BCUT2D eigenvalue weighted by Gasteiger charge is 2.14. The minimum atomic E-state index is 0.463. The number of nitrogens with one attached hydrogen (secondary N) is 1. The number of hydrogen-bond acceptors (Lipinski definition) is 3. The highest BCUT2D eigenvalue weighted by molar-refractivity contribution is 5.46. The summed E-state index contributed by atoms with van der Waals surface area (Å²) >= 11 is 0. The fourth-order valence-corrected chi connectivity index (χ4v) is 2.14. The minimum absolute atomic E-state index is 0.463. The summed E-state index contributed by atoms with van der Waals surface area (Å²) in [6.07, 6.45) is 5.03. The highest BCUT2D eigenvalue weighted by Crippen LogP contribution is 2.18. The van der Waals surface area contributed by atoms with Gasteiger partial charge in [0, 0.05) is 18.8 Å². The van der Waals surface area contributed by atoms with Crippen LogP contribution in [0.15, 0.2) is 24.3 Å². The van der Waals surface area contributed by atoms with Gasteiger partial charge < -0.3 is 14.8 Å². The SMILES string of the molecule is CCCOc1ccc(NCCC2CCCO2)cc1. The molecule has 3 heteroatoms. The fourth-order valence-electron chi connectivity index (χ4n) is 2.14. The van der Waals surface area contributed by atoms with Gasteiger partial charge in [0.15, 0.2) is 0 Å². The molecule has 0 spiro atoms.